The van der Waals surface area contributed by atoms with Gasteiger partial charge in [-0.15, -0.1) is 0 Å². The molecular formula is C17H25NO2. The zero-order valence-corrected chi connectivity index (χ0v) is 12.5. The van der Waals surface area contributed by atoms with E-state index in [0.717, 1.165) is 25.3 Å². The molecule has 1 aromatic rings. The molecule has 3 rings (SSSR count). The molecule has 1 aromatic carbocycles. The van der Waals surface area contributed by atoms with Crippen LogP contribution in [0.4, 0.5) is 0 Å². The van der Waals surface area contributed by atoms with Crippen molar-refractivity contribution >= 4 is 0 Å². The van der Waals surface area contributed by atoms with Gasteiger partial charge in [0.2, 0.25) is 0 Å². The van der Waals surface area contributed by atoms with Crippen LogP contribution in [0.5, 0.6) is 5.75 Å². The fourth-order valence-electron chi connectivity index (χ4n) is 3.75. The standard InChI is InChI=1S/C17H25NO2/c1-3-20-16-11-15(17(16)8-5-9-17)18-12-13-6-4-7-14(10-13)19-2/h4,6-7,10,15-16,18H,3,5,8-9,11-12H2,1-2H3. The Morgan fingerprint density at radius 2 is 2.20 bits per heavy atom. The van der Waals surface area contributed by atoms with Crippen molar-refractivity contribution < 1.29 is 9.47 Å². The molecule has 110 valence electrons. The quantitative estimate of drug-likeness (QED) is 0.865. The van der Waals surface area contributed by atoms with Gasteiger partial charge in [0.05, 0.1) is 13.2 Å². The second-order valence-electron chi connectivity index (χ2n) is 6.05. The van der Waals surface area contributed by atoms with Gasteiger partial charge in [-0.3, -0.25) is 0 Å². The summed E-state index contributed by atoms with van der Waals surface area (Å²) in [5.74, 6) is 0.934. The van der Waals surface area contributed by atoms with E-state index in [4.69, 9.17) is 9.47 Å². The van der Waals surface area contributed by atoms with Crippen LogP contribution in [0.25, 0.3) is 0 Å². The average molecular weight is 275 g/mol. The van der Waals surface area contributed by atoms with Crippen molar-refractivity contribution in [3.8, 4) is 5.75 Å². The second kappa shape index (κ2) is 5.74. The topological polar surface area (TPSA) is 30.5 Å². The first-order valence-electron chi connectivity index (χ1n) is 7.76. The van der Waals surface area contributed by atoms with E-state index in [9.17, 15) is 0 Å². The molecule has 2 aliphatic rings. The fourth-order valence-corrected chi connectivity index (χ4v) is 3.75. The lowest BCUT2D eigenvalue weighted by Gasteiger charge is -2.61. The molecule has 0 aliphatic heterocycles. The summed E-state index contributed by atoms with van der Waals surface area (Å²) in [5.41, 5.74) is 1.73. The van der Waals surface area contributed by atoms with Crippen LogP contribution in [0.3, 0.4) is 0 Å². The summed E-state index contributed by atoms with van der Waals surface area (Å²) in [5, 5.41) is 3.73. The van der Waals surface area contributed by atoms with Crippen LogP contribution < -0.4 is 10.1 Å². The maximum absolute atomic E-state index is 5.89. The van der Waals surface area contributed by atoms with Gasteiger partial charge >= 0.3 is 0 Å². The molecule has 0 bridgehead atoms. The number of benzene rings is 1. The third kappa shape index (κ3) is 2.33. The van der Waals surface area contributed by atoms with Gasteiger partial charge in [0.25, 0.3) is 0 Å². The minimum Gasteiger partial charge on any atom is -0.497 e. The Morgan fingerprint density at radius 1 is 1.35 bits per heavy atom. The lowest BCUT2D eigenvalue weighted by molar-refractivity contribution is -0.173. The van der Waals surface area contributed by atoms with E-state index in [1.54, 1.807) is 7.11 Å². The van der Waals surface area contributed by atoms with Crippen LogP contribution in [-0.4, -0.2) is 25.9 Å². The van der Waals surface area contributed by atoms with Gasteiger partial charge in [-0.1, -0.05) is 18.6 Å². The minimum atomic E-state index is 0.439. The van der Waals surface area contributed by atoms with Gasteiger partial charge < -0.3 is 14.8 Å². The molecule has 2 atom stereocenters. The molecule has 1 N–H and O–H groups in total. The van der Waals surface area contributed by atoms with Crippen LogP contribution in [0.1, 0.15) is 38.2 Å². The highest BCUT2D eigenvalue weighted by Gasteiger charge is 2.58. The van der Waals surface area contributed by atoms with Crippen molar-refractivity contribution in [2.24, 2.45) is 5.41 Å². The zero-order chi connectivity index (χ0) is 14.0. The molecule has 20 heavy (non-hydrogen) atoms. The predicted molar refractivity (Wildman–Crippen MR) is 79.9 cm³/mol. The lowest BCUT2D eigenvalue weighted by Crippen LogP contribution is -2.66. The summed E-state index contributed by atoms with van der Waals surface area (Å²) in [6.07, 6.45) is 5.67. The van der Waals surface area contributed by atoms with E-state index >= 15 is 0 Å². The van der Waals surface area contributed by atoms with Crippen LogP contribution in [0, 0.1) is 5.41 Å². The van der Waals surface area contributed by atoms with Crippen LogP contribution in [-0.2, 0) is 11.3 Å². The largest absolute Gasteiger partial charge is 0.497 e. The molecular weight excluding hydrogens is 250 g/mol. The van der Waals surface area contributed by atoms with E-state index < -0.39 is 0 Å². The molecule has 2 aliphatic carbocycles. The molecule has 2 unspecified atom stereocenters. The summed E-state index contributed by atoms with van der Waals surface area (Å²) in [4.78, 5) is 0. The first-order valence-corrected chi connectivity index (χ1v) is 7.76. The number of hydrogen-bond acceptors (Lipinski definition) is 3. The Balaban J connectivity index is 1.56. The molecule has 0 saturated heterocycles. The summed E-state index contributed by atoms with van der Waals surface area (Å²) in [7, 11) is 1.72. The van der Waals surface area contributed by atoms with Crippen molar-refractivity contribution in [3.63, 3.8) is 0 Å². The Kier molecular flexibility index (Phi) is 3.99. The third-order valence-corrected chi connectivity index (χ3v) is 5.12. The molecule has 0 heterocycles. The lowest BCUT2D eigenvalue weighted by atomic mass is 9.51. The summed E-state index contributed by atoms with van der Waals surface area (Å²) < 4.78 is 11.2. The Labute approximate surface area is 121 Å². The normalized spacial score (nSPS) is 26.9. The SMILES string of the molecule is CCOC1CC(NCc2cccc(OC)c2)C12CCC2. The van der Waals surface area contributed by atoms with Crippen molar-refractivity contribution in [3.05, 3.63) is 29.8 Å². The van der Waals surface area contributed by atoms with Crippen molar-refractivity contribution in [1.29, 1.82) is 0 Å². The van der Waals surface area contributed by atoms with E-state index in [1.165, 1.54) is 24.8 Å². The van der Waals surface area contributed by atoms with Gasteiger partial charge in [0, 0.05) is 24.6 Å². The monoisotopic (exact) mass is 275 g/mol. The van der Waals surface area contributed by atoms with Gasteiger partial charge in [0.1, 0.15) is 5.75 Å². The number of hydrogen-bond donors (Lipinski definition) is 1. The number of rotatable bonds is 6. The molecule has 0 amide bonds. The molecule has 3 heteroatoms. The van der Waals surface area contributed by atoms with Crippen molar-refractivity contribution in [1.82, 2.24) is 5.32 Å². The smallest absolute Gasteiger partial charge is 0.119 e. The van der Waals surface area contributed by atoms with Crippen LogP contribution in [0.2, 0.25) is 0 Å². The van der Waals surface area contributed by atoms with Crippen molar-refractivity contribution in [2.45, 2.75) is 51.3 Å². The zero-order valence-electron chi connectivity index (χ0n) is 12.5. The number of nitrogens with one attached hydrogen (secondary N) is 1. The van der Waals surface area contributed by atoms with Crippen LogP contribution in [0.15, 0.2) is 24.3 Å². The Bertz CT molecular complexity index is 456. The average Bonchev–Trinajstić information content (AvgIpc) is 2.40. The third-order valence-electron chi connectivity index (χ3n) is 5.12. The minimum absolute atomic E-state index is 0.439. The fraction of sp³-hybridized carbons (Fsp3) is 0.647. The van der Waals surface area contributed by atoms with Gasteiger partial charge in [-0.05, 0) is 43.9 Å². The molecule has 0 radical (unpaired) electrons. The van der Waals surface area contributed by atoms with E-state index in [1.807, 2.05) is 6.07 Å². The summed E-state index contributed by atoms with van der Waals surface area (Å²) in [6, 6.07) is 8.93. The Hall–Kier alpha value is -1.06. The first kappa shape index (κ1) is 13.9. The highest BCUT2D eigenvalue weighted by atomic mass is 16.5. The van der Waals surface area contributed by atoms with E-state index in [0.29, 0.717) is 17.6 Å². The van der Waals surface area contributed by atoms with Gasteiger partial charge in [0.15, 0.2) is 0 Å². The van der Waals surface area contributed by atoms with Crippen LogP contribution >= 0.6 is 0 Å². The van der Waals surface area contributed by atoms with Crippen molar-refractivity contribution in [2.75, 3.05) is 13.7 Å². The summed E-state index contributed by atoms with van der Waals surface area (Å²) in [6.45, 7) is 3.86. The van der Waals surface area contributed by atoms with Gasteiger partial charge in [-0.2, -0.15) is 0 Å². The van der Waals surface area contributed by atoms with E-state index in [-0.39, 0.29) is 0 Å². The summed E-state index contributed by atoms with van der Waals surface area (Å²) >= 11 is 0. The highest BCUT2D eigenvalue weighted by Crippen LogP contribution is 2.57. The van der Waals surface area contributed by atoms with Gasteiger partial charge in [-0.25, -0.2) is 0 Å². The maximum atomic E-state index is 5.89. The number of ether oxygens (including phenoxy) is 2. The highest BCUT2D eigenvalue weighted by molar-refractivity contribution is 5.28. The first-order chi connectivity index (χ1) is 9.78. The molecule has 2 fully saturated rings. The molecule has 3 nitrogen and oxygen atoms in total. The molecule has 2 saturated carbocycles. The predicted octanol–water partition coefficient (Wildman–Crippen LogP) is 3.13. The number of methoxy groups -OCH3 is 1. The Morgan fingerprint density at radius 3 is 2.85 bits per heavy atom. The molecule has 0 aromatic heterocycles. The second-order valence-corrected chi connectivity index (χ2v) is 6.05. The van der Waals surface area contributed by atoms with E-state index in [2.05, 4.69) is 30.4 Å². The molecule has 1 spiro atoms. The maximum Gasteiger partial charge on any atom is 0.119 e.